The predicted molar refractivity (Wildman–Crippen MR) is 79.3 cm³/mol. The Labute approximate surface area is 117 Å². The molecule has 0 spiro atoms. The minimum absolute atomic E-state index is 0.0159. The van der Waals surface area contributed by atoms with Crippen LogP contribution in [-0.2, 0) is 10.5 Å². The Balaban J connectivity index is 1.85. The van der Waals surface area contributed by atoms with Crippen LogP contribution in [0.2, 0.25) is 0 Å². The average molecular weight is 275 g/mol. The number of rotatable bonds is 5. The van der Waals surface area contributed by atoms with Crippen molar-refractivity contribution in [1.29, 1.82) is 0 Å². The van der Waals surface area contributed by atoms with E-state index in [0.29, 0.717) is 5.75 Å². The maximum Gasteiger partial charge on any atom is 0.237 e. The summed E-state index contributed by atoms with van der Waals surface area (Å²) < 4.78 is 5.25. The van der Waals surface area contributed by atoms with E-state index in [0.717, 1.165) is 17.0 Å². The highest BCUT2D eigenvalue weighted by atomic mass is 32.2. The SMILES string of the molecule is Cc1cccc(NC(=O)[C@H](C)SCc2ccco2)c1. The second-order valence-electron chi connectivity index (χ2n) is 4.39. The van der Waals surface area contributed by atoms with Crippen LogP contribution in [0.5, 0.6) is 0 Å². The number of anilines is 1. The molecule has 1 heterocycles. The summed E-state index contributed by atoms with van der Waals surface area (Å²) in [4.78, 5) is 12.0. The summed E-state index contributed by atoms with van der Waals surface area (Å²) in [6, 6.07) is 11.6. The van der Waals surface area contributed by atoms with Crippen LogP contribution in [0.15, 0.2) is 47.1 Å². The summed E-state index contributed by atoms with van der Waals surface area (Å²) in [6.45, 7) is 3.91. The van der Waals surface area contributed by atoms with Crippen molar-refractivity contribution in [2.75, 3.05) is 5.32 Å². The van der Waals surface area contributed by atoms with Gasteiger partial charge in [-0.05, 0) is 43.7 Å². The molecule has 4 heteroatoms. The zero-order valence-corrected chi connectivity index (χ0v) is 11.9. The average Bonchev–Trinajstić information content (AvgIpc) is 2.89. The number of furan rings is 1. The number of benzene rings is 1. The van der Waals surface area contributed by atoms with Crippen LogP contribution in [0, 0.1) is 6.92 Å². The molecule has 1 N–H and O–H groups in total. The topological polar surface area (TPSA) is 42.2 Å². The normalized spacial score (nSPS) is 12.1. The molecule has 0 saturated carbocycles. The summed E-state index contributed by atoms with van der Waals surface area (Å²) in [7, 11) is 0. The molecule has 2 rings (SSSR count). The second-order valence-corrected chi connectivity index (χ2v) is 5.72. The Morgan fingerprint density at radius 1 is 1.37 bits per heavy atom. The highest BCUT2D eigenvalue weighted by Gasteiger charge is 2.14. The molecule has 0 unspecified atom stereocenters. The molecule has 1 amide bonds. The highest BCUT2D eigenvalue weighted by molar-refractivity contribution is 7.99. The number of carbonyl (C=O) groups excluding carboxylic acids is 1. The molecule has 0 radical (unpaired) electrons. The molecule has 19 heavy (non-hydrogen) atoms. The fourth-order valence-corrected chi connectivity index (χ4v) is 2.43. The summed E-state index contributed by atoms with van der Waals surface area (Å²) >= 11 is 1.56. The third-order valence-electron chi connectivity index (χ3n) is 2.71. The van der Waals surface area contributed by atoms with Gasteiger partial charge in [0.15, 0.2) is 0 Å². The minimum atomic E-state index is -0.120. The van der Waals surface area contributed by atoms with Crippen molar-refractivity contribution < 1.29 is 9.21 Å². The molecule has 0 bridgehead atoms. The Morgan fingerprint density at radius 2 is 2.21 bits per heavy atom. The Bertz CT molecular complexity index is 537. The van der Waals surface area contributed by atoms with E-state index in [9.17, 15) is 4.79 Å². The van der Waals surface area contributed by atoms with Crippen molar-refractivity contribution in [1.82, 2.24) is 0 Å². The van der Waals surface area contributed by atoms with Crippen molar-refractivity contribution in [3.05, 3.63) is 54.0 Å². The van der Waals surface area contributed by atoms with Gasteiger partial charge in [-0.25, -0.2) is 0 Å². The third-order valence-corrected chi connectivity index (χ3v) is 3.88. The molecule has 1 aromatic carbocycles. The molecule has 0 aliphatic carbocycles. The fourth-order valence-electron chi connectivity index (χ4n) is 1.64. The molecule has 0 aliphatic heterocycles. The second kappa shape index (κ2) is 6.48. The first-order valence-electron chi connectivity index (χ1n) is 6.16. The van der Waals surface area contributed by atoms with E-state index in [2.05, 4.69) is 5.32 Å². The van der Waals surface area contributed by atoms with Crippen molar-refractivity contribution >= 4 is 23.4 Å². The van der Waals surface area contributed by atoms with E-state index >= 15 is 0 Å². The number of amides is 1. The van der Waals surface area contributed by atoms with Gasteiger partial charge in [0.25, 0.3) is 0 Å². The van der Waals surface area contributed by atoms with Gasteiger partial charge in [-0.15, -0.1) is 11.8 Å². The van der Waals surface area contributed by atoms with Crippen LogP contribution >= 0.6 is 11.8 Å². The number of carbonyl (C=O) groups is 1. The maximum atomic E-state index is 12.0. The maximum absolute atomic E-state index is 12.0. The van der Waals surface area contributed by atoms with E-state index in [1.165, 1.54) is 0 Å². The van der Waals surface area contributed by atoms with Crippen molar-refractivity contribution in [2.45, 2.75) is 24.9 Å². The van der Waals surface area contributed by atoms with E-state index in [1.54, 1.807) is 18.0 Å². The molecule has 2 aromatic rings. The first-order chi connectivity index (χ1) is 9.15. The van der Waals surface area contributed by atoms with Crippen LogP contribution < -0.4 is 5.32 Å². The largest absolute Gasteiger partial charge is 0.468 e. The summed E-state index contributed by atoms with van der Waals surface area (Å²) in [5, 5.41) is 2.80. The molecule has 3 nitrogen and oxygen atoms in total. The summed E-state index contributed by atoms with van der Waals surface area (Å²) in [6.07, 6.45) is 1.65. The lowest BCUT2D eigenvalue weighted by Crippen LogP contribution is -2.22. The molecule has 0 aliphatic rings. The number of nitrogens with one attached hydrogen (secondary N) is 1. The number of thioether (sulfide) groups is 1. The van der Waals surface area contributed by atoms with Crippen molar-refractivity contribution in [2.24, 2.45) is 0 Å². The lowest BCUT2D eigenvalue weighted by molar-refractivity contribution is -0.115. The minimum Gasteiger partial charge on any atom is -0.468 e. The molecular formula is C15H17NO2S. The molecule has 0 saturated heterocycles. The van der Waals surface area contributed by atoms with Gasteiger partial charge in [0.1, 0.15) is 5.76 Å². The van der Waals surface area contributed by atoms with Crippen LogP contribution in [-0.4, -0.2) is 11.2 Å². The van der Waals surface area contributed by atoms with Crippen molar-refractivity contribution in [3.8, 4) is 0 Å². The third kappa shape index (κ3) is 4.17. The van der Waals surface area contributed by atoms with Gasteiger partial charge in [-0.2, -0.15) is 0 Å². The number of hydrogen-bond donors (Lipinski definition) is 1. The first-order valence-corrected chi connectivity index (χ1v) is 7.21. The molecular weight excluding hydrogens is 258 g/mol. The predicted octanol–water partition coefficient (Wildman–Crippen LogP) is 3.85. The molecule has 1 aromatic heterocycles. The molecule has 100 valence electrons. The lowest BCUT2D eigenvalue weighted by atomic mass is 10.2. The summed E-state index contributed by atoms with van der Waals surface area (Å²) in [5.74, 6) is 1.61. The van der Waals surface area contributed by atoms with Gasteiger partial charge in [-0.3, -0.25) is 4.79 Å². The lowest BCUT2D eigenvalue weighted by Gasteiger charge is -2.11. The van der Waals surface area contributed by atoms with Gasteiger partial charge >= 0.3 is 0 Å². The van der Waals surface area contributed by atoms with Crippen LogP contribution in [0.1, 0.15) is 18.2 Å². The number of aryl methyl sites for hydroxylation is 1. The molecule has 0 fully saturated rings. The Morgan fingerprint density at radius 3 is 2.89 bits per heavy atom. The van der Waals surface area contributed by atoms with Crippen LogP contribution in [0.4, 0.5) is 5.69 Å². The van der Waals surface area contributed by atoms with Gasteiger partial charge in [0, 0.05) is 5.69 Å². The van der Waals surface area contributed by atoms with E-state index in [4.69, 9.17) is 4.42 Å². The van der Waals surface area contributed by atoms with E-state index in [-0.39, 0.29) is 11.2 Å². The Kier molecular flexibility index (Phi) is 4.68. The first kappa shape index (κ1) is 13.7. The summed E-state index contributed by atoms with van der Waals surface area (Å²) in [5.41, 5.74) is 1.98. The zero-order chi connectivity index (χ0) is 13.7. The van der Waals surface area contributed by atoms with E-state index in [1.807, 2.05) is 50.2 Å². The zero-order valence-electron chi connectivity index (χ0n) is 11.1. The van der Waals surface area contributed by atoms with Crippen LogP contribution in [0.25, 0.3) is 0 Å². The van der Waals surface area contributed by atoms with Crippen LogP contribution in [0.3, 0.4) is 0 Å². The monoisotopic (exact) mass is 275 g/mol. The van der Waals surface area contributed by atoms with Crippen molar-refractivity contribution in [3.63, 3.8) is 0 Å². The van der Waals surface area contributed by atoms with Gasteiger partial charge in [0.05, 0.1) is 17.3 Å². The smallest absolute Gasteiger partial charge is 0.237 e. The fraction of sp³-hybridized carbons (Fsp3) is 0.267. The van der Waals surface area contributed by atoms with Gasteiger partial charge in [0.2, 0.25) is 5.91 Å². The number of hydrogen-bond acceptors (Lipinski definition) is 3. The molecule has 1 atom stereocenters. The Hall–Kier alpha value is -1.68. The quantitative estimate of drug-likeness (QED) is 0.901. The highest BCUT2D eigenvalue weighted by Crippen LogP contribution is 2.19. The standard InChI is InChI=1S/C15H17NO2S/c1-11-5-3-6-13(9-11)16-15(17)12(2)19-10-14-7-4-8-18-14/h3-9,12H,10H2,1-2H3,(H,16,17)/t12-/m0/s1. The van der Waals surface area contributed by atoms with Gasteiger partial charge in [-0.1, -0.05) is 12.1 Å². The van der Waals surface area contributed by atoms with Gasteiger partial charge < -0.3 is 9.73 Å². The van der Waals surface area contributed by atoms with E-state index < -0.39 is 0 Å².